The highest BCUT2D eigenvalue weighted by atomic mass is 79.9. The van der Waals surface area contributed by atoms with Gasteiger partial charge in [-0.2, -0.15) is 0 Å². The van der Waals surface area contributed by atoms with Crippen molar-refractivity contribution in [2.45, 2.75) is 25.4 Å². The summed E-state index contributed by atoms with van der Waals surface area (Å²) >= 11 is 3.27. The van der Waals surface area contributed by atoms with Gasteiger partial charge >= 0.3 is 0 Å². The number of hydrogen-bond donors (Lipinski definition) is 1. The van der Waals surface area contributed by atoms with Crippen LogP contribution in [0.2, 0.25) is 0 Å². The molecule has 1 atom stereocenters. The van der Waals surface area contributed by atoms with Gasteiger partial charge in [0.05, 0.1) is 15.5 Å². The zero-order chi connectivity index (χ0) is 13.0. The van der Waals surface area contributed by atoms with E-state index in [1.54, 1.807) is 0 Å². The summed E-state index contributed by atoms with van der Waals surface area (Å²) < 4.78 is 6.18. The Morgan fingerprint density at radius 1 is 1.61 bits per heavy atom. The molecule has 2 rings (SSSR count). The molecule has 18 heavy (non-hydrogen) atoms. The summed E-state index contributed by atoms with van der Waals surface area (Å²) in [5.41, 5.74) is -0.0265. The molecule has 0 saturated carbocycles. The zero-order valence-corrected chi connectivity index (χ0v) is 11.4. The highest BCUT2D eigenvalue weighted by Gasteiger charge is 2.15. The molecule has 1 fully saturated rings. The number of nitro groups is 1. The second-order valence-corrected chi connectivity index (χ2v) is 5.00. The second kappa shape index (κ2) is 6.10. The van der Waals surface area contributed by atoms with Crippen molar-refractivity contribution in [3.05, 3.63) is 26.9 Å². The van der Waals surface area contributed by atoms with E-state index < -0.39 is 4.92 Å². The molecule has 1 N–H and O–H groups in total. The largest absolute Gasteiger partial charge is 0.376 e. The maximum absolute atomic E-state index is 10.6. The first-order valence-corrected chi connectivity index (χ1v) is 6.61. The van der Waals surface area contributed by atoms with Crippen molar-refractivity contribution in [2.75, 3.05) is 18.5 Å². The van der Waals surface area contributed by atoms with E-state index in [4.69, 9.17) is 4.74 Å². The first kappa shape index (κ1) is 13.2. The number of hydrogen-bond acceptors (Lipinski definition) is 5. The van der Waals surface area contributed by atoms with Crippen LogP contribution >= 0.6 is 15.9 Å². The monoisotopic (exact) mass is 315 g/mol. The Morgan fingerprint density at radius 2 is 2.44 bits per heavy atom. The second-order valence-electron chi connectivity index (χ2n) is 4.15. The molecule has 1 unspecified atom stereocenters. The lowest BCUT2D eigenvalue weighted by Gasteiger charge is -2.23. The Bertz CT molecular complexity index is 436. The van der Waals surface area contributed by atoms with Crippen LogP contribution in [0.5, 0.6) is 0 Å². The van der Waals surface area contributed by atoms with Crippen LogP contribution in [0.3, 0.4) is 0 Å². The predicted octanol–water partition coefficient (Wildman–Crippen LogP) is 2.73. The van der Waals surface area contributed by atoms with Crippen molar-refractivity contribution >= 4 is 27.4 Å². The van der Waals surface area contributed by atoms with E-state index in [1.165, 1.54) is 18.7 Å². The molecular weight excluding hydrogens is 302 g/mol. The SMILES string of the molecule is O=[N+]([O-])c1cnc(NCC2CCCCO2)c(Br)c1. The molecule has 0 amide bonds. The summed E-state index contributed by atoms with van der Waals surface area (Å²) in [6, 6.07) is 1.44. The van der Waals surface area contributed by atoms with Gasteiger partial charge in [0.1, 0.15) is 12.0 Å². The molecule has 1 aliphatic rings. The van der Waals surface area contributed by atoms with E-state index in [0.717, 1.165) is 19.4 Å². The van der Waals surface area contributed by atoms with Crippen LogP contribution in [0.4, 0.5) is 11.5 Å². The molecule has 0 aromatic carbocycles. The number of anilines is 1. The summed E-state index contributed by atoms with van der Waals surface area (Å²) in [5.74, 6) is 0.606. The quantitative estimate of drug-likeness (QED) is 0.682. The Hall–Kier alpha value is -1.21. The van der Waals surface area contributed by atoms with Crippen LogP contribution in [0.25, 0.3) is 0 Å². The number of nitrogens with one attached hydrogen (secondary N) is 1. The smallest absolute Gasteiger partial charge is 0.288 e. The minimum absolute atomic E-state index is 0.0265. The van der Waals surface area contributed by atoms with Crippen molar-refractivity contribution in [3.8, 4) is 0 Å². The lowest BCUT2D eigenvalue weighted by Crippen LogP contribution is -2.27. The Morgan fingerprint density at radius 3 is 3.06 bits per heavy atom. The fourth-order valence-electron chi connectivity index (χ4n) is 1.84. The molecule has 1 aliphatic heterocycles. The molecule has 6 nitrogen and oxygen atoms in total. The Kier molecular flexibility index (Phi) is 4.48. The highest BCUT2D eigenvalue weighted by molar-refractivity contribution is 9.10. The molecule has 1 saturated heterocycles. The van der Waals surface area contributed by atoms with Gasteiger partial charge in [0.2, 0.25) is 0 Å². The summed E-state index contributed by atoms with van der Waals surface area (Å²) in [6.07, 6.45) is 4.78. The van der Waals surface area contributed by atoms with Gasteiger partial charge in [-0.05, 0) is 35.2 Å². The van der Waals surface area contributed by atoms with Gasteiger partial charge in [0, 0.05) is 19.2 Å². The molecule has 0 spiro atoms. The number of halogens is 1. The van der Waals surface area contributed by atoms with Crippen LogP contribution in [0, 0.1) is 10.1 Å². The van der Waals surface area contributed by atoms with E-state index >= 15 is 0 Å². The molecule has 0 bridgehead atoms. The van der Waals surface area contributed by atoms with Crippen LogP contribution in [-0.2, 0) is 4.74 Å². The fraction of sp³-hybridized carbons (Fsp3) is 0.545. The van der Waals surface area contributed by atoms with E-state index in [-0.39, 0.29) is 11.8 Å². The van der Waals surface area contributed by atoms with E-state index in [9.17, 15) is 10.1 Å². The summed E-state index contributed by atoms with van der Waals surface area (Å²) in [6.45, 7) is 1.48. The van der Waals surface area contributed by atoms with Crippen molar-refractivity contribution in [1.82, 2.24) is 4.98 Å². The maximum atomic E-state index is 10.6. The average Bonchev–Trinajstić information content (AvgIpc) is 2.38. The van der Waals surface area contributed by atoms with Gasteiger partial charge in [-0.3, -0.25) is 10.1 Å². The third kappa shape index (κ3) is 3.39. The third-order valence-corrected chi connectivity index (χ3v) is 3.41. The van der Waals surface area contributed by atoms with E-state index in [0.29, 0.717) is 16.8 Å². The molecule has 1 aromatic rings. The van der Waals surface area contributed by atoms with E-state index in [1.807, 2.05) is 0 Å². The topological polar surface area (TPSA) is 77.3 Å². The van der Waals surface area contributed by atoms with Gasteiger partial charge < -0.3 is 10.1 Å². The third-order valence-electron chi connectivity index (χ3n) is 2.81. The average molecular weight is 316 g/mol. The molecule has 2 heterocycles. The summed E-state index contributed by atoms with van der Waals surface area (Å²) in [7, 11) is 0. The standard InChI is InChI=1S/C11H14BrN3O3/c12-10-5-8(15(16)17)6-13-11(10)14-7-9-3-1-2-4-18-9/h5-6,9H,1-4,7H2,(H,13,14). The summed E-state index contributed by atoms with van der Waals surface area (Å²) in [4.78, 5) is 14.1. The molecular formula is C11H14BrN3O3. The van der Waals surface area contributed by atoms with Crippen molar-refractivity contribution in [1.29, 1.82) is 0 Å². The fourth-order valence-corrected chi connectivity index (χ4v) is 2.31. The van der Waals surface area contributed by atoms with Gasteiger partial charge in [0.25, 0.3) is 5.69 Å². The van der Waals surface area contributed by atoms with Crippen LogP contribution in [-0.4, -0.2) is 29.2 Å². The minimum atomic E-state index is -0.466. The maximum Gasteiger partial charge on any atom is 0.288 e. The number of aromatic nitrogens is 1. The van der Waals surface area contributed by atoms with Gasteiger partial charge in [-0.25, -0.2) is 4.98 Å². The Labute approximate surface area is 113 Å². The van der Waals surface area contributed by atoms with Crippen LogP contribution in [0.15, 0.2) is 16.7 Å². The van der Waals surface area contributed by atoms with Crippen molar-refractivity contribution in [2.24, 2.45) is 0 Å². The lowest BCUT2D eigenvalue weighted by molar-refractivity contribution is -0.385. The number of rotatable bonds is 4. The van der Waals surface area contributed by atoms with Crippen molar-refractivity contribution < 1.29 is 9.66 Å². The normalized spacial score (nSPS) is 19.5. The van der Waals surface area contributed by atoms with Crippen molar-refractivity contribution in [3.63, 3.8) is 0 Å². The van der Waals surface area contributed by atoms with Gasteiger partial charge in [-0.15, -0.1) is 0 Å². The highest BCUT2D eigenvalue weighted by Crippen LogP contribution is 2.24. The van der Waals surface area contributed by atoms with Crippen LogP contribution in [0.1, 0.15) is 19.3 Å². The summed E-state index contributed by atoms with van der Waals surface area (Å²) in [5, 5.41) is 13.7. The predicted molar refractivity (Wildman–Crippen MR) is 70.7 cm³/mol. The molecule has 98 valence electrons. The molecule has 7 heteroatoms. The number of ether oxygens (including phenoxy) is 1. The molecule has 0 aliphatic carbocycles. The Balaban J connectivity index is 1.94. The first-order chi connectivity index (χ1) is 8.66. The minimum Gasteiger partial charge on any atom is -0.376 e. The van der Waals surface area contributed by atoms with Gasteiger partial charge in [0.15, 0.2) is 0 Å². The number of nitrogens with zero attached hydrogens (tertiary/aromatic N) is 2. The first-order valence-electron chi connectivity index (χ1n) is 5.82. The van der Waals surface area contributed by atoms with E-state index in [2.05, 4.69) is 26.2 Å². The lowest BCUT2D eigenvalue weighted by atomic mass is 10.1. The zero-order valence-electron chi connectivity index (χ0n) is 9.76. The molecule has 1 aromatic heterocycles. The van der Waals surface area contributed by atoms with Gasteiger partial charge in [-0.1, -0.05) is 0 Å². The number of pyridine rings is 1. The van der Waals surface area contributed by atoms with Crippen LogP contribution < -0.4 is 5.32 Å². The molecule has 0 radical (unpaired) electrons.